The van der Waals surface area contributed by atoms with E-state index in [1.54, 1.807) is 4.68 Å². The van der Waals surface area contributed by atoms with Crippen LogP contribution in [0.2, 0.25) is 5.02 Å². The molecule has 1 saturated heterocycles. The fourth-order valence-electron chi connectivity index (χ4n) is 4.56. The van der Waals surface area contributed by atoms with E-state index < -0.39 is 0 Å². The maximum Gasteiger partial charge on any atom is 0.290 e. The number of aliphatic imine (C=N–C) groups is 1. The molecule has 2 heterocycles. The molecule has 2 aromatic carbocycles. The van der Waals surface area contributed by atoms with E-state index >= 15 is 0 Å². The number of nitrogens with zero attached hydrogens (tertiary/aromatic N) is 4. The first-order valence-electron chi connectivity index (χ1n) is 10.9. The molecule has 0 aliphatic carbocycles. The average Bonchev–Trinajstić information content (AvgIpc) is 3.05. The molecule has 3 aromatic rings. The van der Waals surface area contributed by atoms with Crippen LogP contribution in [0.5, 0.6) is 0 Å². The molecule has 4 rings (SSSR count). The van der Waals surface area contributed by atoms with Crippen LogP contribution < -0.4 is 5.56 Å². The summed E-state index contributed by atoms with van der Waals surface area (Å²) in [7, 11) is 0. The van der Waals surface area contributed by atoms with Crippen molar-refractivity contribution in [3.8, 4) is 5.69 Å². The van der Waals surface area contributed by atoms with Crippen molar-refractivity contribution < 1.29 is 0 Å². The molecule has 0 unspecified atom stereocenters. The van der Waals surface area contributed by atoms with Gasteiger partial charge >= 0.3 is 0 Å². The number of likely N-dealkylation sites (tertiary alicyclic amines) is 1. The highest BCUT2D eigenvalue weighted by Crippen LogP contribution is 2.37. The van der Waals surface area contributed by atoms with Gasteiger partial charge in [-0.15, -0.1) is 0 Å². The standard InChI is InChI=1S/C25H29ClN4O/c1-3-16-29-22(23(26)24(31)30(29)21-12-8-5-9-13-21)19-28-17-14-25(27-2,15-18-28)20-10-6-4-7-11-20/h4-13H,2-3,14-19H2,1H3. The SMILES string of the molecule is C=NC1(c2ccccc2)CCN(Cc2c(Cl)c(=O)n(-c3ccccc3)n2CCC)CC1. The quantitative estimate of drug-likeness (QED) is 0.494. The van der Waals surface area contributed by atoms with Crippen LogP contribution in [-0.4, -0.2) is 34.1 Å². The highest BCUT2D eigenvalue weighted by molar-refractivity contribution is 6.31. The lowest BCUT2D eigenvalue weighted by atomic mass is 9.81. The Bertz CT molecular complexity index is 1080. The van der Waals surface area contributed by atoms with Crippen LogP contribution in [0.25, 0.3) is 5.69 Å². The summed E-state index contributed by atoms with van der Waals surface area (Å²) in [6.07, 6.45) is 2.72. The largest absolute Gasteiger partial charge is 0.297 e. The van der Waals surface area contributed by atoms with Gasteiger partial charge in [0, 0.05) is 26.2 Å². The predicted octanol–water partition coefficient (Wildman–Crippen LogP) is 4.89. The summed E-state index contributed by atoms with van der Waals surface area (Å²) in [5.41, 5.74) is 2.56. The van der Waals surface area contributed by atoms with Gasteiger partial charge in [0.05, 0.1) is 16.9 Å². The number of piperidine rings is 1. The van der Waals surface area contributed by atoms with Crippen molar-refractivity contribution in [2.75, 3.05) is 13.1 Å². The lowest BCUT2D eigenvalue weighted by molar-refractivity contribution is 0.153. The Labute approximate surface area is 188 Å². The number of benzene rings is 2. The molecule has 1 aliphatic heterocycles. The monoisotopic (exact) mass is 436 g/mol. The minimum absolute atomic E-state index is 0.153. The van der Waals surface area contributed by atoms with Gasteiger partial charge in [0.25, 0.3) is 5.56 Å². The van der Waals surface area contributed by atoms with Gasteiger partial charge in [0.1, 0.15) is 5.02 Å². The molecule has 6 heteroatoms. The van der Waals surface area contributed by atoms with Crippen molar-refractivity contribution in [2.45, 2.75) is 44.8 Å². The van der Waals surface area contributed by atoms with E-state index in [4.69, 9.17) is 11.6 Å². The maximum absolute atomic E-state index is 13.0. The van der Waals surface area contributed by atoms with Crippen LogP contribution in [0.15, 0.2) is 70.5 Å². The Balaban J connectivity index is 1.59. The molecular formula is C25H29ClN4O. The molecule has 0 N–H and O–H groups in total. The van der Waals surface area contributed by atoms with Crippen LogP contribution in [0, 0.1) is 0 Å². The minimum atomic E-state index is -0.236. The Morgan fingerprint density at radius 1 is 1.03 bits per heavy atom. The van der Waals surface area contributed by atoms with Crippen LogP contribution in [0.3, 0.4) is 0 Å². The third kappa shape index (κ3) is 4.12. The van der Waals surface area contributed by atoms with Gasteiger partial charge in [0.15, 0.2) is 0 Å². The topological polar surface area (TPSA) is 42.5 Å². The Kier molecular flexibility index (Phi) is 6.44. The lowest BCUT2D eigenvalue weighted by Gasteiger charge is -2.39. The second-order valence-electron chi connectivity index (χ2n) is 8.17. The number of para-hydroxylation sites is 1. The van der Waals surface area contributed by atoms with Crippen LogP contribution in [0.1, 0.15) is 37.4 Å². The minimum Gasteiger partial charge on any atom is -0.297 e. The first-order chi connectivity index (χ1) is 15.1. The molecule has 0 amide bonds. The van der Waals surface area contributed by atoms with E-state index in [-0.39, 0.29) is 11.1 Å². The molecule has 0 spiro atoms. The normalized spacial score (nSPS) is 16.3. The van der Waals surface area contributed by atoms with Gasteiger partial charge in [-0.3, -0.25) is 19.4 Å². The summed E-state index contributed by atoms with van der Waals surface area (Å²) in [6.45, 7) is 9.16. The summed E-state index contributed by atoms with van der Waals surface area (Å²) in [6, 6.07) is 20.1. The second-order valence-corrected chi connectivity index (χ2v) is 8.55. The summed E-state index contributed by atoms with van der Waals surface area (Å²) >= 11 is 6.59. The van der Waals surface area contributed by atoms with E-state index in [0.717, 1.165) is 50.3 Å². The first kappa shape index (κ1) is 21.6. The third-order valence-corrected chi connectivity index (χ3v) is 6.67. The van der Waals surface area contributed by atoms with Crippen molar-refractivity contribution in [2.24, 2.45) is 4.99 Å². The molecule has 0 radical (unpaired) electrons. The Morgan fingerprint density at radius 2 is 1.65 bits per heavy atom. The molecular weight excluding hydrogens is 408 g/mol. The number of halogens is 1. The van der Waals surface area contributed by atoms with Gasteiger partial charge in [0.2, 0.25) is 0 Å². The van der Waals surface area contributed by atoms with E-state index in [1.807, 2.05) is 41.1 Å². The number of rotatable bonds is 7. The van der Waals surface area contributed by atoms with Gasteiger partial charge in [-0.05, 0) is 43.7 Å². The van der Waals surface area contributed by atoms with Crippen molar-refractivity contribution >= 4 is 18.3 Å². The highest BCUT2D eigenvalue weighted by atomic mass is 35.5. The summed E-state index contributed by atoms with van der Waals surface area (Å²) in [4.78, 5) is 20.0. The molecule has 0 atom stereocenters. The van der Waals surface area contributed by atoms with Gasteiger partial charge < -0.3 is 0 Å². The second kappa shape index (κ2) is 9.25. The Hall–Kier alpha value is -2.63. The van der Waals surface area contributed by atoms with Crippen LogP contribution in [-0.2, 0) is 18.6 Å². The molecule has 162 valence electrons. The highest BCUT2D eigenvalue weighted by Gasteiger charge is 2.35. The zero-order valence-electron chi connectivity index (χ0n) is 18.0. The van der Waals surface area contributed by atoms with Crippen molar-refractivity contribution in [1.82, 2.24) is 14.3 Å². The average molecular weight is 437 g/mol. The fraction of sp³-hybridized carbons (Fsp3) is 0.360. The first-order valence-corrected chi connectivity index (χ1v) is 11.3. The lowest BCUT2D eigenvalue weighted by Crippen LogP contribution is -2.41. The van der Waals surface area contributed by atoms with Gasteiger partial charge in [-0.2, -0.15) is 0 Å². The zero-order valence-corrected chi connectivity index (χ0v) is 18.8. The van der Waals surface area contributed by atoms with Crippen LogP contribution >= 0.6 is 11.6 Å². The molecule has 31 heavy (non-hydrogen) atoms. The molecule has 1 aromatic heterocycles. The maximum atomic E-state index is 13.0. The predicted molar refractivity (Wildman–Crippen MR) is 128 cm³/mol. The van der Waals surface area contributed by atoms with E-state index in [9.17, 15) is 4.79 Å². The number of hydrogen-bond acceptors (Lipinski definition) is 3. The van der Waals surface area contributed by atoms with Crippen molar-refractivity contribution in [1.29, 1.82) is 0 Å². The van der Waals surface area contributed by atoms with Crippen molar-refractivity contribution in [3.05, 3.63) is 87.3 Å². The molecule has 1 fully saturated rings. The molecule has 0 bridgehead atoms. The summed E-state index contributed by atoms with van der Waals surface area (Å²) < 4.78 is 3.76. The molecule has 1 aliphatic rings. The van der Waals surface area contributed by atoms with E-state index in [0.29, 0.717) is 11.6 Å². The number of aromatic nitrogens is 2. The Morgan fingerprint density at radius 3 is 2.23 bits per heavy atom. The van der Waals surface area contributed by atoms with Gasteiger partial charge in [-0.1, -0.05) is 67.1 Å². The molecule has 0 saturated carbocycles. The van der Waals surface area contributed by atoms with E-state index in [2.05, 4.69) is 47.8 Å². The van der Waals surface area contributed by atoms with Crippen LogP contribution in [0.4, 0.5) is 0 Å². The summed E-state index contributed by atoms with van der Waals surface area (Å²) in [5.74, 6) is 0. The third-order valence-electron chi connectivity index (χ3n) is 6.29. The zero-order chi connectivity index (χ0) is 21.8. The fourth-order valence-corrected chi connectivity index (χ4v) is 4.80. The van der Waals surface area contributed by atoms with E-state index in [1.165, 1.54) is 5.56 Å². The molecule has 5 nitrogen and oxygen atoms in total. The summed E-state index contributed by atoms with van der Waals surface area (Å²) in [5, 5.41) is 0.319. The number of hydrogen-bond donors (Lipinski definition) is 0. The smallest absolute Gasteiger partial charge is 0.290 e. The van der Waals surface area contributed by atoms with Crippen molar-refractivity contribution in [3.63, 3.8) is 0 Å². The van der Waals surface area contributed by atoms with Gasteiger partial charge in [-0.25, -0.2) is 4.68 Å².